The largest absolute Gasteiger partial charge is 0.344 e. The zero-order valence-electron chi connectivity index (χ0n) is 16.2. The molecule has 0 aliphatic heterocycles. The van der Waals surface area contributed by atoms with Gasteiger partial charge in [0.15, 0.2) is 0 Å². The van der Waals surface area contributed by atoms with E-state index >= 15 is 0 Å². The van der Waals surface area contributed by atoms with Crippen LogP contribution in [0.25, 0.3) is 10.2 Å². The lowest BCUT2D eigenvalue weighted by atomic mass is 10.1. The van der Waals surface area contributed by atoms with Crippen LogP contribution in [0.2, 0.25) is 0 Å². The molecule has 1 atom stereocenters. The lowest BCUT2D eigenvalue weighted by molar-refractivity contribution is -0.121. The predicted molar refractivity (Wildman–Crippen MR) is 119 cm³/mol. The number of nitrogens with one attached hydrogen (secondary N) is 1. The molecule has 0 unspecified atom stereocenters. The van der Waals surface area contributed by atoms with E-state index in [1.807, 2.05) is 61.7 Å². The molecule has 0 aliphatic carbocycles. The van der Waals surface area contributed by atoms with Gasteiger partial charge in [-0.15, -0.1) is 22.7 Å². The van der Waals surface area contributed by atoms with Crippen LogP contribution in [0, 0.1) is 13.8 Å². The van der Waals surface area contributed by atoms with Crippen LogP contribution in [0.1, 0.15) is 33.3 Å². The van der Waals surface area contributed by atoms with Crippen LogP contribution in [0.5, 0.6) is 0 Å². The van der Waals surface area contributed by atoms with E-state index in [-0.39, 0.29) is 23.9 Å². The highest BCUT2D eigenvalue weighted by Gasteiger charge is 2.18. The Balaban J connectivity index is 1.51. The Kier molecular flexibility index (Phi) is 5.60. The lowest BCUT2D eigenvalue weighted by Gasteiger charge is -2.18. The van der Waals surface area contributed by atoms with Crippen LogP contribution in [0.3, 0.4) is 0 Å². The first-order valence-electron chi connectivity index (χ1n) is 9.37. The van der Waals surface area contributed by atoms with Crippen molar-refractivity contribution in [3.8, 4) is 0 Å². The predicted octanol–water partition coefficient (Wildman–Crippen LogP) is 4.43. The van der Waals surface area contributed by atoms with Crippen LogP contribution in [-0.4, -0.2) is 15.5 Å². The fraction of sp³-hybridized carbons (Fsp3) is 0.227. The van der Waals surface area contributed by atoms with E-state index < -0.39 is 0 Å². The van der Waals surface area contributed by atoms with Gasteiger partial charge in [-0.2, -0.15) is 0 Å². The highest BCUT2D eigenvalue weighted by Crippen LogP contribution is 2.27. The molecular weight excluding hydrogens is 402 g/mol. The summed E-state index contributed by atoms with van der Waals surface area (Å²) in [7, 11) is 0. The molecule has 1 aromatic carbocycles. The Labute approximate surface area is 176 Å². The maximum atomic E-state index is 12.8. The molecular formula is C22H21N3O2S2. The molecule has 0 radical (unpaired) electrons. The van der Waals surface area contributed by atoms with Gasteiger partial charge < -0.3 is 5.32 Å². The van der Waals surface area contributed by atoms with Gasteiger partial charge in [0.25, 0.3) is 5.56 Å². The van der Waals surface area contributed by atoms with E-state index in [0.29, 0.717) is 11.9 Å². The molecule has 4 rings (SSSR count). The van der Waals surface area contributed by atoms with Crippen molar-refractivity contribution in [2.75, 3.05) is 0 Å². The number of aromatic nitrogens is 2. The molecule has 0 spiro atoms. The molecule has 1 N–H and O–H groups in total. The summed E-state index contributed by atoms with van der Waals surface area (Å²) >= 11 is 3.14. The number of nitrogens with zero attached hydrogens (tertiary/aromatic N) is 2. The van der Waals surface area contributed by atoms with Gasteiger partial charge in [-0.25, -0.2) is 4.98 Å². The van der Waals surface area contributed by atoms with Gasteiger partial charge in [-0.1, -0.05) is 36.4 Å². The average Bonchev–Trinajstić information content (AvgIpc) is 3.35. The standard InChI is InChI=1S/C22H21N3O2S2/c1-14-15(2)29-21-19(14)22(27)25(13-23-21)11-10-18(26)24-20(17-9-6-12-28-17)16-7-4-3-5-8-16/h3-9,12-13,20H,10-11H2,1-2H3,(H,24,26)/t20-/m1/s1. The molecule has 3 aromatic heterocycles. The second-order valence-electron chi connectivity index (χ2n) is 6.88. The molecule has 0 aliphatic rings. The fourth-order valence-corrected chi connectivity index (χ4v) is 5.09. The number of amides is 1. The lowest BCUT2D eigenvalue weighted by Crippen LogP contribution is -2.31. The fourth-order valence-electron chi connectivity index (χ4n) is 3.30. The van der Waals surface area contributed by atoms with E-state index in [0.717, 1.165) is 25.7 Å². The van der Waals surface area contributed by atoms with E-state index in [1.165, 1.54) is 15.9 Å². The van der Waals surface area contributed by atoms with E-state index in [2.05, 4.69) is 10.3 Å². The molecule has 0 bridgehead atoms. The van der Waals surface area contributed by atoms with Crippen molar-refractivity contribution in [3.63, 3.8) is 0 Å². The molecule has 0 saturated carbocycles. The number of aryl methyl sites for hydroxylation is 3. The first-order chi connectivity index (χ1) is 14.0. The van der Waals surface area contributed by atoms with E-state index in [9.17, 15) is 9.59 Å². The number of carbonyl (C=O) groups is 1. The summed E-state index contributed by atoms with van der Waals surface area (Å²) in [5.41, 5.74) is 1.93. The number of hydrogen-bond acceptors (Lipinski definition) is 5. The highest BCUT2D eigenvalue weighted by molar-refractivity contribution is 7.18. The first kappa shape index (κ1) is 19.5. The minimum absolute atomic E-state index is 0.0810. The maximum Gasteiger partial charge on any atom is 0.262 e. The summed E-state index contributed by atoms with van der Waals surface area (Å²) in [5, 5.41) is 5.78. The molecule has 7 heteroatoms. The zero-order chi connectivity index (χ0) is 20.4. The Morgan fingerprint density at radius 2 is 1.97 bits per heavy atom. The van der Waals surface area contributed by atoms with Crippen molar-refractivity contribution < 1.29 is 4.79 Å². The second-order valence-corrected chi connectivity index (χ2v) is 9.07. The number of thiophene rings is 2. The van der Waals surface area contributed by atoms with Crippen molar-refractivity contribution in [2.24, 2.45) is 0 Å². The number of fused-ring (bicyclic) bond motifs is 1. The second kappa shape index (κ2) is 8.31. The third kappa shape index (κ3) is 4.02. The molecule has 0 saturated heterocycles. The minimum Gasteiger partial charge on any atom is -0.344 e. The number of benzene rings is 1. The van der Waals surface area contributed by atoms with Crippen molar-refractivity contribution in [1.82, 2.24) is 14.9 Å². The Morgan fingerprint density at radius 1 is 1.17 bits per heavy atom. The van der Waals surface area contributed by atoms with Crippen LogP contribution >= 0.6 is 22.7 Å². The summed E-state index contributed by atoms with van der Waals surface area (Å²) in [6.45, 7) is 4.24. The van der Waals surface area contributed by atoms with Gasteiger partial charge in [-0.05, 0) is 36.4 Å². The highest BCUT2D eigenvalue weighted by atomic mass is 32.1. The quantitative estimate of drug-likeness (QED) is 0.499. The zero-order valence-corrected chi connectivity index (χ0v) is 17.8. The molecule has 1 amide bonds. The topological polar surface area (TPSA) is 64.0 Å². The maximum absolute atomic E-state index is 12.8. The summed E-state index contributed by atoms with van der Waals surface area (Å²) in [6.07, 6.45) is 1.76. The van der Waals surface area contributed by atoms with Gasteiger partial charge in [0.1, 0.15) is 4.83 Å². The summed E-state index contributed by atoms with van der Waals surface area (Å²) < 4.78 is 1.53. The third-order valence-corrected chi connectivity index (χ3v) is 7.05. The summed E-state index contributed by atoms with van der Waals surface area (Å²) in [4.78, 5) is 32.8. The third-order valence-electron chi connectivity index (χ3n) is 5.00. The smallest absolute Gasteiger partial charge is 0.262 e. The SMILES string of the molecule is Cc1sc2ncn(CCC(=O)N[C@H](c3ccccc3)c3cccs3)c(=O)c2c1C. The van der Waals surface area contributed by atoms with Gasteiger partial charge in [0, 0.05) is 22.7 Å². The molecule has 5 nitrogen and oxygen atoms in total. The number of rotatable bonds is 6. The normalized spacial score (nSPS) is 12.2. The summed E-state index contributed by atoms with van der Waals surface area (Å²) in [5.74, 6) is -0.0996. The number of hydrogen-bond donors (Lipinski definition) is 1. The molecule has 0 fully saturated rings. The Bertz CT molecular complexity index is 1190. The Morgan fingerprint density at radius 3 is 2.69 bits per heavy atom. The van der Waals surface area contributed by atoms with Crippen LogP contribution in [-0.2, 0) is 11.3 Å². The van der Waals surface area contributed by atoms with Crippen molar-refractivity contribution in [1.29, 1.82) is 0 Å². The molecule has 3 heterocycles. The van der Waals surface area contributed by atoms with E-state index in [4.69, 9.17) is 0 Å². The Hall–Kier alpha value is -2.77. The van der Waals surface area contributed by atoms with Crippen molar-refractivity contribution in [3.05, 3.63) is 85.4 Å². The monoisotopic (exact) mass is 423 g/mol. The van der Waals surface area contributed by atoms with Gasteiger partial charge in [0.05, 0.1) is 17.8 Å². The average molecular weight is 424 g/mol. The molecule has 29 heavy (non-hydrogen) atoms. The van der Waals surface area contributed by atoms with Crippen LogP contribution < -0.4 is 10.9 Å². The van der Waals surface area contributed by atoms with Gasteiger partial charge >= 0.3 is 0 Å². The molecule has 4 aromatic rings. The van der Waals surface area contributed by atoms with E-state index in [1.54, 1.807) is 17.7 Å². The summed E-state index contributed by atoms with van der Waals surface area (Å²) in [6, 6.07) is 13.7. The molecule has 148 valence electrons. The first-order valence-corrected chi connectivity index (χ1v) is 11.1. The number of carbonyl (C=O) groups excluding carboxylic acids is 1. The van der Waals surface area contributed by atoms with Crippen LogP contribution in [0.4, 0.5) is 0 Å². The minimum atomic E-state index is -0.192. The van der Waals surface area contributed by atoms with Crippen LogP contribution in [0.15, 0.2) is 59.0 Å². The van der Waals surface area contributed by atoms with Crippen molar-refractivity contribution in [2.45, 2.75) is 32.9 Å². The van der Waals surface area contributed by atoms with Crippen molar-refractivity contribution >= 4 is 38.8 Å². The van der Waals surface area contributed by atoms with Gasteiger partial charge in [0.2, 0.25) is 5.91 Å². The van der Waals surface area contributed by atoms with Gasteiger partial charge in [-0.3, -0.25) is 14.2 Å².